The molecule has 0 spiro atoms. The summed E-state index contributed by atoms with van der Waals surface area (Å²) in [5.74, 6) is 0.642. The second-order valence-electron chi connectivity index (χ2n) is 3.97. The Morgan fingerprint density at radius 3 is 2.58 bits per heavy atom. The minimum absolute atomic E-state index is 0.585. The van der Waals surface area contributed by atoms with E-state index >= 15 is 0 Å². The van der Waals surface area contributed by atoms with Crippen molar-refractivity contribution in [2.75, 3.05) is 0 Å². The molecule has 0 aliphatic heterocycles. The van der Waals surface area contributed by atoms with Gasteiger partial charge in [0.2, 0.25) is 0 Å². The average molecular weight is 311 g/mol. The van der Waals surface area contributed by atoms with Crippen molar-refractivity contribution in [3.05, 3.63) is 45.4 Å². The van der Waals surface area contributed by atoms with E-state index in [4.69, 9.17) is 27.7 Å². The lowest BCUT2D eigenvalue weighted by Gasteiger charge is -2.02. The third kappa shape index (κ3) is 2.39. The van der Waals surface area contributed by atoms with Crippen LogP contribution in [0.4, 0.5) is 0 Å². The van der Waals surface area contributed by atoms with Crippen LogP contribution in [0.3, 0.4) is 0 Å². The van der Waals surface area contributed by atoms with Gasteiger partial charge in [0.15, 0.2) is 5.76 Å². The molecule has 0 radical (unpaired) electrons. The number of hydrogen-bond donors (Lipinski definition) is 0. The number of aryl methyl sites for hydroxylation is 1. The number of nitrogens with zero attached hydrogens (tertiary/aromatic N) is 2. The van der Waals surface area contributed by atoms with Crippen LogP contribution < -0.4 is 0 Å². The number of halogens is 2. The van der Waals surface area contributed by atoms with Gasteiger partial charge in [0.05, 0.1) is 15.7 Å². The zero-order valence-corrected chi connectivity index (χ0v) is 12.2. The Bertz CT molecular complexity index is 716. The second-order valence-corrected chi connectivity index (χ2v) is 5.64. The Balaban J connectivity index is 2.06. The van der Waals surface area contributed by atoms with Crippen molar-refractivity contribution in [3.63, 3.8) is 0 Å². The monoisotopic (exact) mass is 310 g/mol. The van der Waals surface area contributed by atoms with E-state index in [1.165, 1.54) is 11.3 Å². The first-order chi connectivity index (χ1) is 9.15. The zero-order valence-electron chi connectivity index (χ0n) is 9.85. The van der Waals surface area contributed by atoms with E-state index in [0.29, 0.717) is 15.8 Å². The van der Waals surface area contributed by atoms with Crippen LogP contribution in [0.25, 0.3) is 22.0 Å². The largest absolute Gasteiger partial charge is 0.354 e. The molecule has 3 rings (SSSR count). The predicted octanol–water partition coefficient (Wildman–Crippen LogP) is 5.08. The van der Waals surface area contributed by atoms with Crippen LogP contribution in [0.1, 0.15) is 5.69 Å². The van der Waals surface area contributed by atoms with E-state index in [1.807, 2.05) is 24.4 Å². The Labute approximate surface area is 123 Å². The minimum Gasteiger partial charge on any atom is -0.354 e. The summed E-state index contributed by atoms with van der Waals surface area (Å²) < 4.78 is 5.19. The van der Waals surface area contributed by atoms with Gasteiger partial charge in [-0.25, -0.2) is 4.98 Å². The number of rotatable bonds is 2. The predicted molar refractivity (Wildman–Crippen MR) is 77.8 cm³/mol. The molecule has 2 heterocycles. The van der Waals surface area contributed by atoms with Crippen LogP contribution >= 0.6 is 34.5 Å². The van der Waals surface area contributed by atoms with Gasteiger partial charge in [-0.05, 0) is 19.1 Å². The average Bonchev–Trinajstić information content (AvgIpc) is 2.98. The standard InChI is InChI=1S/C13H8Cl2N2OS/c1-7-5-11(18-17-7)10-6-19-13(16-10)12-8(14)3-2-4-9(12)15/h2-6H,1H3. The third-order valence-electron chi connectivity index (χ3n) is 2.56. The summed E-state index contributed by atoms with van der Waals surface area (Å²) in [6.45, 7) is 1.87. The van der Waals surface area contributed by atoms with Crippen molar-refractivity contribution in [2.24, 2.45) is 0 Å². The normalized spacial score (nSPS) is 10.9. The van der Waals surface area contributed by atoms with Gasteiger partial charge >= 0.3 is 0 Å². The highest BCUT2D eigenvalue weighted by atomic mass is 35.5. The molecular weight excluding hydrogens is 303 g/mol. The maximum atomic E-state index is 6.17. The molecule has 0 atom stereocenters. The summed E-state index contributed by atoms with van der Waals surface area (Å²) in [5.41, 5.74) is 2.30. The van der Waals surface area contributed by atoms with E-state index in [9.17, 15) is 0 Å². The molecule has 3 nitrogen and oxygen atoms in total. The molecule has 19 heavy (non-hydrogen) atoms. The smallest absolute Gasteiger partial charge is 0.186 e. The van der Waals surface area contributed by atoms with Crippen molar-refractivity contribution in [2.45, 2.75) is 6.92 Å². The SMILES string of the molecule is Cc1cc(-c2csc(-c3c(Cl)cccc3Cl)n2)on1. The van der Waals surface area contributed by atoms with Gasteiger partial charge in [0.25, 0.3) is 0 Å². The lowest BCUT2D eigenvalue weighted by Crippen LogP contribution is -1.81. The van der Waals surface area contributed by atoms with Gasteiger partial charge in [-0.2, -0.15) is 0 Å². The van der Waals surface area contributed by atoms with Gasteiger partial charge in [-0.15, -0.1) is 11.3 Å². The van der Waals surface area contributed by atoms with Crippen LogP contribution in [0, 0.1) is 6.92 Å². The van der Waals surface area contributed by atoms with Gasteiger partial charge in [0.1, 0.15) is 10.7 Å². The highest BCUT2D eigenvalue weighted by molar-refractivity contribution is 7.13. The Morgan fingerprint density at radius 1 is 1.21 bits per heavy atom. The van der Waals surface area contributed by atoms with Crippen LogP contribution in [0.5, 0.6) is 0 Å². The molecule has 0 aliphatic rings. The first-order valence-electron chi connectivity index (χ1n) is 5.49. The van der Waals surface area contributed by atoms with Crippen molar-refractivity contribution in [3.8, 4) is 22.0 Å². The maximum Gasteiger partial charge on any atom is 0.186 e. The fourth-order valence-corrected chi connectivity index (χ4v) is 3.26. The van der Waals surface area contributed by atoms with E-state index in [1.54, 1.807) is 12.1 Å². The van der Waals surface area contributed by atoms with Gasteiger partial charge in [-0.1, -0.05) is 34.4 Å². The second kappa shape index (κ2) is 4.96. The minimum atomic E-state index is 0.585. The van der Waals surface area contributed by atoms with Crippen molar-refractivity contribution >= 4 is 34.5 Å². The molecule has 0 bridgehead atoms. The Kier molecular flexibility index (Phi) is 3.31. The van der Waals surface area contributed by atoms with E-state index in [-0.39, 0.29) is 0 Å². The summed E-state index contributed by atoms with van der Waals surface area (Å²) in [6, 6.07) is 7.24. The highest BCUT2D eigenvalue weighted by Gasteiger charge is 2.15. The first-order valence-corrected chi connectivity index (χ1v) is 7.12. The van der Waals surface area contributed by atoms with Crippen LogP contribution in [0.15, 0.2) is 34.2 Å². The molecule has 0 saturated heterocycles. The molecule has 0 N–H and O–H groups in total. The number of hydrogen-bond acceptors (Lipinski definition) is 4. The zero-order chi connectivity index (χ0) is 13.4. The van der Waals surface area contributed by atoms with E-state index in [2.05, 4.69) is 10.1 Å². The van der Waals surface area contributed by atoms with Crippen LogP contribution in [-0.2, 0) is 0 Å². The van der Waals surface area contributed by atoms with Crippen molar-refractivity contribution in [1.29, 1.82) is 0 Å². The molecule has 0 aliphatic carbocycles. The molecule has 2 aromatic heterocycles. The molecule has 6 heteroatoms. The third-order valence-corrected chi connectivity index (χ3v) is 4.05. The fourth-order valence-electron chi connectivity index (χ4n) is 1.69. The molecule has 96 valence electrons. The summed E-state index contributed by atoms with van der Waals surface area (Å²) in [7, 11) is 0. The maximum absolute atomic E-state index is 6.17. The van der Waals surface area contributed by atoms with Crippen LogP contribution in [-0.4, -0.2) is 10.1 Å². The Hall–Kier alpha value is -1.36. The fraction of sp³-hybridized carbons (Fsp3) is 0.0769. The lowest BCUT2D eigenvalue weighted by molar-refractivity contribution is 0.426. The van der Waals surface area contributed by atoms with Crippen LogP contribution in [0.2, 0.25) is 10.0 Å². The lowest BCUT2D eigenvalue weighted by atomic mass is 10.2. The summed E-state index contributed by atoms with van der Waals surface area (Å²) in [6.07, 6.45) is 0. The molecule has 0 amide bonds. The van der Waals surface area contributed by atoms with Gasteiger partial charge < -0.3 is 4.52 Å². The first kappa shape index (κ1) is 12.7. The highest BCUT2D eigenvalue weighted by Crippen LogP contribution is 2.37. The topological polar surface area (TPSA) is 38.9 Å². The molecular formula is C13H8Cl2N2OS. The molecule has 0 unspecified atom stereocenters. The summed E-state index contributed by atoms with van der Waals surface area (Å²) >= 11 is 13.8. The van der Waals surface area contributed by atoms with E-state index in [0.717, 1.165) is 22.0 Å². The Morgan fingerprint density at radius 2 is 1.95 bits per heavy atom. The molecule has 3 aromatic rings. The molecule has 0 fully saturated rings. The number of benzene rings is 1. The van der Waals surface area contributed by atoms with Gasteiger partial charge in [0, 0.05) is 17.0 Å². The molecule has 0 saturated carbocycles. The van der Waals surface area contributed by atoms with Gasteiger partial charge in [-0.3, -0.25) is 0 Å². The summed E-state index contributed by atoms with van der Waals surface area (Å²) in [4.78, 5) is 4.50. The number of thiazole rings is 1. The molecule has 1 aromatic carbocycles. The quantitative estimate of drug-likeness (QED) is 0.662. The van der Waals surface area contributed by atoms with Crippen molar-refractivity contribution in [1.82, 2.24) is 10.1 Å². The number of aromatic nitrogens is 2. The van der Waals surface area contributed by atoms with E-state index < -0.39 is 0 Å². The van der Waals surface area contributed by atoms with Crippen molar-refractivity contribution < 1.29 is 4.52 Å². The summed E-state index contributed by atoms with van der Waals surface area (Å²) in [5, 5.41) is 7.68.